The van der Waals surface area contributed by atoms with Crippen molar-refractivity contribution in [2.45, 2.75) is 6.92 Å². The van der Waals surface area contributed by atoms with E-state index in [1.165, 1.54) is 11.8 Å². The molecule has 0 aromatic rings. The van der Waals surface area contributed by atoms with Gasteiger partial charge in [-0.2, -0.15) is 5.26 Å². The predicted octanol–water partition coefficient (Wildman–Crippen LogP) is 1.26. The Morgan fingerprint density at radius 1 is 1.92 bits per heavy atom. The number of thioether (sulfide) groups is 1. The zero-order valence-electron chi connectivity index (χ0n) is 6.78. The van der Waals surface area contributed by atoms with E-state index >= 15 is 0 Å². The van der Waals surface area contributed by atoms with Gasteiger partial charge in [-0.05, 0) is 6.92 Å². The van der Waals surface area contributed by atoms with E-state index in [-0.39, 0.29) is 0 Å². The molecular formula is C7H9N3S2. The van der Waals surface area contributed by atoms with Gasteiger partial charge in [0.15, 0.2) is 0 Å². The van der Waals surface area contributed by atoms with Crippen LogP contribution >= 0.6 is 24.0 Å². The zero-order valence-corrected chi connectivity index (χ0v) is 8.41. The smallest absolute Gasteiger partial charge is 0.142 e. The van der Waals surface area contributed by atoms with E-state index in [4.69, 9.17) is 17.5 Å². The van der Waals surface area contributed by atoms with Crippen LogP contribution in [0.5, 0.6) is 0 Å². The molecule has 0 unspecified atom stereocenters. The Morgan fingerprint density at radius 3 is 3.17 bits per heavy atom. The standard InChI is InChI=1S/C7H9N3S2/c1-6-9-3-4-10(6)7(11)12-5-2-8/h3-5H2,1H3. The molecule has 0 radical (unpaired) electrons. The second-order valence-electron chi connectivity index (χ2n) is 2.29. The highest BCUT2D eigenvalue weighted by molar-refractivity contribution is 8.23. The number of nitrogens with zero attached hydrogens (tertiary/aromatic N) is 3. The molecule has 0 saturated carbocycles. The van der Waals surface area contributed by atoms with Gasteiger partial charge in [-0.25, -0.2) is 0 Å². The van der Waals surface area contributed by atoms with Crippen molar-refractivity contribution in [3.8, 4) is 6.07 Å². The Morgan fingerprint density at radius 2 is 2.67 bits per heavy atom. The average Bonchev–Trinajstić information content (AvgIpc) is 2.47. The number of rotatable bonds is 1. The minimum absolute atomic E-state index is 0.419. The Labute approximate surface area is 81.5 Å². The van der Waals surface area contributed by atoms with Crippen LogP contribution in [-0.2, 0) is 0 Å². The molecule has 64 valence electrons. The molecule has 1 heterocycles. The molecule has 0 amide bonds. The summed E-state index contributed by atoms with van der Waals surface area (Å²) in [4.78, 5) is 6.18. The lowest BCUT2D eigenvalue weighted by atomic mass is 10.6. The van der Waals surface area contributed by atoms with E-state index < -0.39 is 0 Å². The highest BCUT2D eigenvalue weighted by Gasteiger charge is 2.16. The van der Waals surface area contributed by atoms with E-state index in [1.54, 1.807) is 0 Å². The number of hydrogen-bond donors (Lipinski definition) is 0. The van der Waals surface area contributed by atoms with Crippen molar-refractivity contribution in [2.75, 3.05) is 18.8 Å². The summed E-state index contributed by atoms with van der Waals surface area (Å²) in [6, 6.07) is 2.05. The van der Waals surface area contributed by atoms with Crippen molar-refractivity contribution in [3.05, 3.63) is 0 Å². The van der Waals surface area contributed by atoms with E-state index in [2.05, 4.69) is 4.99 Å². The first-order valence-corrected chi connectivity index (χ1v) is 4.97. The summed E-state index contributed by atoms with van der Waals surface area (Å²) in [5.41, 5.74) is 0. The second kappa shape index (κ2) is 4.43. The fraction of sp³-hybridized carbons (Fsp3) is 0.571. The van der Waals surface area contributed by atoms with Crippen LogP contribution < -0.4 is 0 Å². The molecule has 1 aliphatic heterocycles. The van der Waals surface area contributed by atoms with Gasteiger partial charge in [0.25, 0.3) is 0 Å². The molecular weight excluding hydrogens is 190 g/mol. The Bertz CT molecular complexity index is 254. The maximum Gasteiger partial charge on any atom is 0.142 e. The number of amidine groups is 1. The van der Waals surface area contributed by atoms with Gasteiger partial charge in [0.2, 0.25) is 0 Å². The van der Waals surface area contributed by atoms with Crippen molar-refractivity contribution in [1.82, 2.24) is 4.90 Å². The lowest BCUT2D eigenvalue weighted by Gasteiger charge is -2.16. The largest absolute Gasteiger partial charge is 0.314 e. The molecule has 0 bridgehead atoms. The van der Waals surface area contributed by atoms with Gasteiger partial charge in [-0.1, -0.05) is 24.0 Å². The van der Waals surface area contributed by atoms with Gasteiger partial charge in [0.05, 0.1) is 18.4 Å². The van der Waals surface area contributed by atoms with Crippen LogP contribution in [0.1, 0.15) is 6.92 Å². The van der Waals surface area contributed by atoms with Crippen LogP contribution in [-0.4, -0.2) is 33.9 Å². The third-order valence-corrected chi connectivity index (χ3v) is 2.85. The lowest BCUT2D eigenvalue weighted by Crippen LogP contribution is -2.29. The molecule has 0 aromatic heterocycles. The van der Waals surface area contributed by atoms with E-state index in [0.717, 1.165) is 23.2 Å². The predicted molar refractivity (Wildman–Crippen MR) is 55.4 cm³/mol. The summed E-state index contributed by atoms with van der Waals surface area (Å²) >= 11 is 6.51. The highest BCUT2D eigenvalue weighted by Crippen LogP contribution is 2.12. The van der Waals surface area contributed by atoms with Gasteiger partial charge < -0.3 is 4.90 Å². The fourth-order valence-corrected chi connectivity index (χ4v) is 1.92. The number of hydrogen-bond acceptors (Lipinski definition) is 4. The van der Waals surface area contributed by atoms with Crippen LogP contribution in [0.15, 0.2) is 4.99 Å². The third-order valence-electron chi connectivity index (χ3n) is 1.54. The van der Waals surface area contributed by atoms with Crippen molar-refractivity contribution in [1.29, 1.82) is 5.26 Å². The fourth-order valence-electron chi connectivity index (χ4n) is 0.954. The third kappa shape index (κ3) is 2.19. The van der Waals surface area contributed by atoms with E-state index in [9.17, 15) is 0 Å². The van der Waals surface area contributed by atoms with Gasteiger partial charge in [-0.3, -0.25) is 4.99 Å². The highest BCUT2D eigenvalue weighted by atomic mass is 32.2. The van der Waals surface area contributed by atoms with Crippen molar-refractivity contribution < 1.29 is 0 Å². The summed E-state index contributed by atoms with van der Waals surface area (Å²) in [6.07, 6.45) is 0. The number of nitriles is 1. The van der Waals surface area contributed by atoms with Crippen LogP contribution in [0.3, 0.4) is 0 Å². The van der Waals surface area contributed by atoms with Crippen molar-refractivity contribution in [3.63, 3.8) is 0 Å². The molecule has 3 nitrogen and oxygen atoms in total. The summed E-state index contributed by atoms with van der Waals surface area (Å²) in [7, 11) is 0. The van der Waals surface area contributed by atoms with Gasteiger partial charge in [0, 0.05) is 6.54 Å². The molecule has 1 aliphatic rings. The van der Waals surface area contributed by atoms with Crippen LogP contribution in [0.4, 0.5) is 0 Å². The molecule has 1 rings (SSSR count). The monoisotopic (exact) mass is 199 g/mol. The quantitative estimate of drug-likeness (QED) is 0.596. The maximum absolute atomic E-state index is 8.34. The molecule has 5 heteroatoms. The minimum atomic E-state index is 0.419. The van der Waals surface area contributed by atoms with Crippen molar-refractivity contribution >= 4 is 34.1 Å². The van der Waals surface area contributed by atoms with Crippen LogP contribution in [0, 0.1) is 11.3 Å². The Balaban J connectivity index is 2.43. The molecule has 0 spiro atoms. The summed E-state index contributed by atoms with van der Waals surface area (Å²) in [6.45, 7) is 3.62. The summed E-state index contributed by atoms with van der Waals surface area (Å²) < 4.78 is 0.760. The Kier molecular flexibility index (Phi) is 3.50. The lowest BCUT2D eigenvalue weighted by molar-refractivity contribution is 0.685. The average molecular weight is 199 g/mol. The molecule has 0 N–H and O–H groups in total. The first kappa shape index (κ1) is 9.49. The molecule has 0 aromatic carbocycles. The van der Waals surface area contributed by atoms with Crippen LogP contribution in [0.25, 0.3) is 0 Å². The van der Waals surface area contributed by atoms with Gasteiger partial charge >= 0.3 is 0 Å². The number of aliphatic imine (C=N–C) groups is 1. The molecule has 0 aliphatic carbocycles. The van der Waals surface area contributed by atoms with Gasteiger partial charge in [0.1, 0.15) is 10.2 Å². The number of thiocarbonyl (C=S) groups is 1. The second-order valence-corrected chi connectivity index (χ2v) is 3.90. The molecule has 0 saturated heterocycles. The minimum Gasteiger partial charge on any atom is -0.314 e. The summed E-state index contributed by atoms with van der Waals surface area (Å²) in [5, 5.41) is 8.34. The first-order chi connectivity index (χ1) is 5.75. The normalized spacial score (nSPS) is 15.7. The zero-order chi connectivity index (χ0) is 8.97. The SMILES string of the molecule is CC1=NCCN1C(=S)SCC#N. The maximum atomic E-state index is 8.34. The first-order valence-electron chi connectivity index (χ1n) is 3.58. The van der Waals surface area contributed by atoms with E-state index in [1.807, 2.05) is 17.9 Å². The molecule has 0 atom stereocenters. The molecule has 12 heavy (non-hydrogen) atoms. The van der Waals surface area contributed by atoms with E-state index in [0.29, 0.717) is 5.75 Å². The van der Waals surface area contributed by atoms with Crippen molar-refractivity contribution in [2.24, 2.45) is 4.99 Å². The Hall–Kier alpha value is -0.600. The molecule has 0 fully saturated rings. The van der Waals surface area contributed by atoms with Crippen LogP contribution in [0.2, 0.25) is 0 Å². The topological polar surface area (TPSA) is 39.4 Å². The summed E-state index contributed by atoms with van der Waals surface area (Å²) in [5.74, 6) is 1.38. The van der Waals surface area contributed by atoms with Gasteiger partial charge in [-0.15, -0.1) is 0 Å².